The second-order valence-electron chi connectivity index (χ2n) is 22.6. The third kappa shape index (κ3) is 20.4. The molecule has 0 aromatic heterocycles. The van der Waals surface area contributed by atoms with Crippen LogP contribution in [0, 0.1) is 0 Å². The van der Waals surface area contributed by atoms with Crippen molar-refractivity contribution in [2.75, 3.05) is 53.9 Å². The highest BCUT2D eigenvalue weighted by molar-refractivity contribution is 5.81. The Hall–Kier alpha value is -3.12. The van der Waals surface area contributed by atoms with Crippen LogP contribution in [0.25, 0.3) is 0 Å². The van der Waals surface area contributed by atoms with Crippen LogP contribution < -0.4 is 16.4 Å². The van der Waals surface area contributed by atoms with Crippen molar-refractivity contribution >= 4 is 23.8 Å². The number of nitrogens with two attached hydrogens (primary N) is 1. The standard InChI is InChI=1S/C54H97N3O30/c1-5-6-7-8-9-10-11-12-13-14-15-16-17-28(63)38(68)27(55)24-80-49-43(73)42(72)45(34(23-61)83-49)84-50-44(74)48(41(71)33(22-60)82-50)87-53(51(75)76)18-29(64)37(46(85-53)39(69)31(66)20-58)57-35(67)25-81-54(52(77)79-4)19-30(65)36(56-26(2)62)47(86-54)40(70)32(21-59)78-3/h27-34,36-50,58-61,63-66,68-74H,5-25,55H2,1-4H3,(H,56,62)(H,57,67)(H,75,76)/t27-,28+,29-,30-,31+,32+,33+,34+,36+,37+,38-,39+,40+,41-,42+,43+,44+,45+,46+,47+,48-,49+,50-,53-,54+/m0/s1. The lowest BCUT2D eigenvalue weighted by Crippen LogP contribution is -2.71. The SMILES string of the molecule is CCCCCCCCCCCCCC[C@@H](O)[C@@H](O)[C@@H](N)CO[C@@H]1O[C@H](CO)[C@@H](O[C@@H]2O[C@H](CO)[C@H](O)[C@H](O[C@]3(C(=O)O)C[C@H](O)[C@@H](NC(=O)CO[C@]4(C(=O)OC)C[C@H](O)[C@@H](NC(C)=O)[C@H]([C@H](O)[C@@H](CO)OC)O4)[C@H]([C@H](O)[C@H](O)CO)O3)[C@H]2O)[C@H](O)[C@H]1O. The lowest BCUT2D eigenvalue weighted by molar-refractivity contribution is -0.386. The van der Waals surface area contributed by atoms with E-state index in [0.717, 1.165) is 46.8 Å². The molecule has 0 saturated carbocycles. The number of aliphatic hydroxyl groups excluding tert-OH is 15. The fourth-order valence-electron chi connectivity index (χ4n) is 11.0. The lowest BCUT2D eigenvalue weighted by atomic mass is 9.88. The predicted octanol–water partition coefficient (Wildman–Crippen LogP) is -7.17. The molecule has 2 amide bonds. The van der Waals surface area contributed by atoms with Crippen LogP contribution in [-0.2, 0) is 66.5 Å². The van der Waals surface area contributed by atoms with Gasteiger partial charge in [-0.2, -0.15) is 0 Å². The van der Waals surface area contributed by atoms with Crippen LogP contribution in [0.5, 0.6) is 0 Å². The number of aliphatic carboxylic acids is 1. The number of hydrogen-bond acceptors (Lipinski definition) is 30. The molecule has 33 nitrogen and oxygen atoms in total. The summed E-state index contributed by atoms with van der Waals surface area (Å²) in [6.07, 6.45) is -28.0. The number of nitrogens with one attached hydrogen (secondary N) is 2. The first-order chi connectivity index (χ1) is 41.2. The van der Waals surface area contributed by atoms with Crippen molar-refractivity contribution in [1.82, 2.24) is 10.6 Å². The number of carboxylic acid groups (broad SMARTS) is 1. The highest BCUT2D eigenvalue weighted by Gasteiger charge is 2.61. The van der Waals surface area contributed by atoms with E-state index in [1.807, 2.05) is 0 Å². The largest absolute Gasteiger partial charge is 0.477 e. The van der Waals surface area contributed by atoms with Crippen LogP contribution in [0.15, 0.2) is 0 Å². The van der Waals surface area contributed by atoms with E-state index in [1.165, 1.54) is 44.9 Å². The van der Waals surface area contributed by atoms with Crippen LogP contribution in [0.4, 0.5) is 0 Å². The summed E-state index contributed by atoms with van der Waals surface area (Å²) < 4.78 is 55.4. The summed E-state index contributed by atoms with van der Waals surface area (Å²) in [6, 6.07) is -4.74. The summed E-state index contributed by atoms with van der Waals surface area (Å²) in [4.78, 5) is 52.5. The summed E-state index contributed by atoms with van der Waals surface area (Å²) in [5.74, 6) is -11.7. The molecule has 4 rings (SSSR count). The Balaban J connectivity index is 1.46. The lowest BCUT2D eigenvalue weighted by Gasteiger charge is -2.50. The molecule has 4 aliphatic rings. The van der Waals surface area contributed by atoms with E-state index in [1.54, 1.807) is 0 Å². The Morgan fingerprint density at radius 2 is 1.18 bits per heavy atom. The summed E-state index contributed by atoms with van der Waals surface area (Å²) in [5.41, 5.74) is 6.13. The summed E-state index contributed by atoms with van der Waals surface area (Å²) >= 11 is 0. The molecular weight excluding hydrogens is 1170 g/mol. The van der Waals surface area contributed by atoms with Crippen LogP contribution in [0.3, 0.4) is 0 Å². The third-order valence-corrected chi connectivity index (χ3v) is 16.1. The first kappa shape index (κ1) is 76.3. The number of ether oxygens (including phenoxy) is 10. The summed E-state index contributed by atoms with van der Waals surface area (Å²) in [5, 5.41) is 179. The monoisotopic (exact) mass is 1270 g/mol. The predicted molar refractivity (Wildman–Crippen MR) is 291 cm³/mol. The smallest absolute Gasteiger partial charge is 0.366 e. The zero-order chi connectivity index (χ0) is 64.9. The van der Waals surface area contributed by atoms with E-state index in [2.05, 4.69) is 17.6 Å². The first-order valence-corrected chi connectivity index (χ1v) is 29.6. The van der Waals surface area contributed by atoms with Gasteiger partial charge in [0.05, 0.1) is 82.7 Å². The van der Waals surface area contributed by atoms with E-state index in [9.17, 15) is 101 Å². The van der Waals surface area contributed by atoms with Gasteiger partial charge in [-0.1, -0.05) is 84.0 Å². The number of hydrogen-bond donors (Lipinski definition) is 19. The zero-order valence-electron chi connectivity index (χ0n) is 49.6. The number of rotatable bonds is 38. The maximum atomic E-state index is 13.8. The minimum Gasteiger partial charge on any atom is -0.477 e. The van der Waals surface area contributed by atoms with Gasteiger partial charge in [-0.05, 0) is 6.42 Å². The molecule has 0 bridgehead atoms. The first-order valence-electron chi connectivity index (χ1n) is 29.6. The highest BCUT2D eigenvalue weighted by Crippen LogP contribution is 2.40. The maximum absolute atomic E-state index is 13.8. The molecule has 508 valence electrons. The molecule has 0 aromatic rings. The van der Waals surface area contributed by atoms with Gasteiger partial charge in [-0.25, -0.2) is 9.59 Å². The van der Waals surface area contributed by atoms with Gasteiger partial charge >= 0.3 is 11.9 Å². The number of esters is 1. The molecule has 0 aromatic carbocycles. The normalized spacial score (nSPS) is 35.5. The van der Waals surface area contributed by atoms with Crippen molar-refractivity contribution < 1.29 is 148 Å². The molecule has 4 aliphatic heterocycles. The molecular formula is C54H97N3O30. The zero-order valence-corrected chi connectivity index (χ0v) is 49.6. The fourth-order valence-corrected chi connectivity index (χ4v) is 11.0. The number of carboxylic acids is 1. The molecule has 4 saturated heterocycles. The van der Waals surface area contributed by atoms with Crippen LogP contribution >= 0.6 is 0 Å². The Kier molecular flexibility index (Phi) is 32.3. The molecule has 0 radical (unpaired) electrons. The molecule has 25 atom stereocenters. The Bertz CT molecular complexity index is 2040. The van der Waals surface area contributed by atoms with E-state index in [0.29, 0.717) is 6.42 Å². The van der Waals surface area contributed by atoms with Crippen LogP contribution in [0.2, 0.25) is 0 Å². The van der Waals surface area contributed by atoms with E-state index < -0.39 is 228 Å². The molecule has 4 heterocycles. The Morgan fingerprint density at radius 3 is 1.71 bits per heavy atom. The van der Waals surface area contributed by atoms with E-state index in [-0.39, 0.29) is 6.42 Å². The maximum Gasteiger partial charge on any atom is 0.366 e. The molecule has 87 heavy (non-hydrogen) atoms. The van der Waals surface area contributed by atoms with Gasteiger partial charge in [0.1, 0.15) is 92.1 Å². The highest BCUT2D eigenvalue weighted by atomic mass is 16.8. The second-order valence-corrected chi connectivity index (χ2v) is 22.6. The molecule has 20 N–H and O–H groups in total. The molecule has 4 fully saturated rings. The molecule has 0 unspecified atom stereocenters. The fraction of sp³-hybridized carbons (Fsp3) is 0.926. The van der Waals surface area contributed by atoms with Crippen molar-refractivity contribution in [1.29, 1.82) is 0 Å². The molecule has 0 aliphatic carbocycles. The minimum atomic E-state index is -3.33. The average Bonchev–Trinajstić information content (AvgIpc) is 0.934. The van der Waals surface area contributed by atoms with E-state index >= 15 is 0 Å². The topological polar surface area (TPSA) is 534 Å². The molecule has 0 spiro atoms. The number of aliphatic hydroxyl groups is 15. The number of methoxy groups -OCH3 is 2. The third-order valence-electron chi connectivity index (χ3n) is 16.1. The van der Waals surface area contributed by atoms with Crippen LogP contribution in [-0.4, -0.2) is 311 Å². The van der Waals surface area contributed by atoms with Gasteiger partial charge in [0.2, 0.25) is 11.8 Å². The molecule has 33 heteroatoms. The van der Waals surface area contributed by atoms with Gasteiger partial charge in [-0.15, -0.1) is 0 Å². The van der Waals surface area contributed by atoms with Gasteiger partial charge in [-0.3, -0.25) is 9.59 Å². The number of carbonyl (C=O) groups excluding carboxylic acids is 3. The Labute approximate surface area is 503 Å². The summed E-state index contributed by atoms with van der Waals surface area (Å²) in [6.45, 7) is -2.77. The number of unbranched alkanes of at least 4 members (excludes halogenated alkanes) is 11. The van der Waals surface area contributed by atoms with Gasteiger partial charge < -0.3 is 145 Å². The van der Waals surface area contributed by atoms with Gasteiger partial charge in [0, 0.05) is 26.9 Å². The summed E-state index contributed by atoms with van der Waals surface area (Å²) in [7, 11) is 1.96. The van der Waals surface area contributed by atoms with Crippen LogP contribution in [0.1, 0.15) is 110 Å². The van der Waals surface area contributed by atoms with Crippen molar-refractivity contribution in [2.24, 2.45) is 5.73 Å². The van der Waals surface area contributed by atoms with Crippen molar-refractivity contribution in [3.05, 3.63) is 0 Å². The van der Waals surface area contributed by atoms with Crippen molar-refractivity contribution in [3.8, 4) is 0 Å². The van der Waals surface area contributed by atoms with Gasteiger partial charge in [0.25, 0.3) is 11.6 Å². The minimum absolute atomic E-state index is 0.245. The van der Waals surface area contributed by atoms with Gasteiger partial charge in [0.15, 0.2) is 12.6 Å². The number of amides is 2. The second kappa shape index (κ2) is 36.8. The quantitative estimate of drug-likeness (QED) is 0.0202. The average molecular weight is 1270 g/mol. The Morgan fingerprint density at radius 1 is 0.644 bits per heavy atom. The van der Waals surface area contributed by atoms with Crippen molar-refractivity contribution in [2.45, 2.75) is 262 Å². The van der Waals surface area contributed by atoms with E-state index in [4.69, 9.17) is 53.1 Å². The number of carbonyl (C=O) groups is 4. The van der Waals surface area contributed by atoms with Crippen molar-refractivity contribution in [3.63, 3.8) is 0 Å².